The van der Waals surface area contributed by atoms with E-state index in [1.807, 2.05) is 6.92 Å². The first-order chi connectivity index (χ1) is 8.65. The summed E-state index contributed by atoms with van der Waals surface area (Å²) < 4.78 is 0. The maximum Gasteiger partial charge on any atom is 0.237 e. The third kappa shape index (κ3) is 2.04. The zero-order chi connectivity index (χ0) is 12.7. The molecule has 1 heterocycles. The van der Waals surface area contributed by atoms with Crippen molar-refractivity contribution in [2.75, 3.05) is 5.32 Å². The van der Waals surface area contributed by atoms with Gasteiger partial charge in [-0.15, -0.1) is 11.8 Å². The standard InChI is InChI=1S/C14H18N2OS/c1-8-14(17)16-11-7-10(5-6-12(11)18-8)13(15)9-3-2-4-9/h5-9,13H,2-4,15H2,1H3,(H,16,17). The number of hydrogen-bond acceptors (Lipinski definition) is 3. The van der Waals surface area contributed by atoms with Gasteiger partial charge in [-0.1, -0.05) is 12.5 Å². The van der Waals surface area contributed by atoms with Gasteiger partial charge in [-0.05, 0) is 43.4 Å². The second kappa shape index (κ2) is 4.59. The van der Waals surface area contributed by atoms with Crippen LogP contribution in [0.5, 0.6) is 0 Å². The van der Waals surface area contributed by atoms with Gasteiger partial charge in [-0.2, -0.15) is 0 Å². The zero-order valence-electron chi connectivity index (χ0n) is 10.5. The molecule has 1 aromatic carbocycles. The molecule has 2 atom stereocenters. The average molecular weight is 262 g/mol. The van der Waals surface area contributed by atoms with E-state index in [0.717, 1.165) is 16.1 Å². The summed E-state index contributed by atoms with van der Waals surface area (Å²) in [5.41, 5.74) is 8.35. The second-order valence-electron chi connectivity index (χ2n) is 5.22. The van der Waals surface area contributed by atoms with Crippen LogP contribution < -0.4 is 11.1 Å². The van der Waals surface area contributed by atoms with Crippen molar-refractivity contribution in [3.8, 4) is 0 Å². The molecule has 1 aliphatic carbocycles. The van der Waals surface area contributed by atoms with Gasteiger partial charge < -0.3 is 11.1 Å². The molecular weight excluding hydrogens is 244 g/mol. The Hall–Kier alpha value is -1.00. The summed E-state index contributed by atoms with van der Waals surface area (Å²) in [7, 11) is 0. The largest absolute Gasteiger partial charge is 0.324 e. The van der Waals surface area contributed by atoms with E-state index >= 15 is 0 Å². The van der Waals surface area contributed by atoms with Crippen LogP contribution in [0.4, 0.5) is 5.69 Å². The lowest BCUT2D eigenvalue weighted by atomic mass is 9.77. The second-order valence-corrected chi connectivity index (χ2v) is 6.60. The fourth-order valence-corrected chi connectivity index (χ4v) is 3.44. The van der Waals surface area contributed by atoms with Crippen molar-refractivity contribution in [1.29, 1.82) is 0 Å². The molecule has 3 N–H and O–H groups in total. The van der Waals surface area contributed by atoms with Crippen LogP contribution in [0.2, 0.25) is 0 Å². The predicted octanol–water partition coefficient (Wildman–Crippen LogP) is 2.92. The molecule has 1 saturated carbocycles. The van der Waals surface area contributed by atoms with Crippen molar-refractivity contribution in [1.82, 2.24) is 0 Å². The lowest BCUT2D eigenvalue weighted by Gasteiger charge is -2.32. The molecule has 3 rings (SSSR count). The van der Waals surface area contributed by atoms with E-state index < -0.39 is 0 Å². The van der Waals surface area contributed by atoms with Crippen LogP contribution in [-0.2, 0) is 4.79 Å². The summed E-state index contributed by atoms with van der Waals surface area (Å²) >= 11 is 1.62. The van der Waals surface area contributed by atoms with Crippen LogP contribution in [0, 0.1) is 5.92 Å². The molecule has 0 radical (unpaired) electrons. The van der Waals surface area contributed by atoms with E-state index in [2.05, 4.69) is 23.5 Å². The normalized spacial score (nSPS) is 25.0. The number of hydrogen-bond donors (Lipinski definition) is 2. The SMILES string of the molecule is CC1Sc2ccc(C(N)C3CCC3)cc2NC1=O. The van der Waals surface area contributed by atoms with Crippen LogP contribution in [0.15, 0.2) is 23.1 Å². The first-order valence-electron chi connectivity index (χ1n) is 6.52. The van der Waals surface area contributed by atoms with Crippen LogP contribution >= 0.6 is 11.8 Å². The Morgan fingerprint density at radius 1 is 1.44 bits per heavy atom. The molecule has 1 aromatic rings. The number of benzene rings is 1. The van der Waals surface area contributed by atoms with Crippen LogP contribution in [0.3, 0.4) is 0 Å². The number of nitrogens with one attached hydrogen (secondary N) is 1. The van der Waals surface area contributed by atoms with Crippen molar-refractivity contribution in [3.05, 3.63) is 23.8 Å². The number of thioether (sulfide) groups is 1. The topological polar surface area (TPSA) is 55.1 Å². The van der Waals surface area contributed by atoms with E-state index in [0.29, 0.717) is 5.92 Å². The van der Waals surface area contributed by atoms with Crippen molar-refractivity contribution in [2.24, 2.45) is 11.7 Å². The molecule has 4 heteroatoms. The number of nitrogens with two attached hydrogens (primary N) is 1. The van der Waals surface area contributed by atoms with E-state index in [1.165, 1.54) is 19.3 Å². The van der Waals surface area contributed by atoms with Gasteiger partial charge in [-0.25, -0.2) is 0 Å². The fraction of sp³-hybridized carbons (Fsp3) is 0.500. The average Bonchev–Trinajstić information content (AvgIpc) is 2.27. The molecule has 0 spiro atoms. The number of fused-ring (bicyclic) bond motifs is 1. The monoisotopic (exact) mass is 262 g/mol. The van der Waals surface area contributed by atoms with Gasteiger partial charge in [0.2, 0.25) is 5.91 Å². The predicted molar refractivity (Wildman–Crippen MR) is 74.7 cm³/mol. The Kier molecular flexibility index (Phi) is 3.08. The number of rotatable bonds is 2. The summed E-state index contributed by atoms with van der Waals surface area (Å²) in [4.78, 5) is 12.8. The zero-order valence-corrected chi connectivity index (χ0v) is 11.3. The Balaban J connectivity index is 1.86. The van der Waals surface area contributed by atoms with E-state index in [1.54, 1.807) is 11.8 Å². The highest BCUT2D eigenvalue weighted by atomic mass is 32.2. The fourth-order valence-electron chi connectivity index (χ4n) is 2.50. The van der Waals surface area contributed by atoms with Crippen molar-refractivity contribution in [3.63, 3.8) is 0 Å². The van der Waals surface area contributed by atoms with E-state index in [-0.39, 0.29) is 17.2 Å². The van der Waals surface area contributed by atoms with Crippen molar-refractivity contribution < 1.29 is 4.79 Å². The molecule has 0 saturated heterocycles. The molecular formula is C14H18N2OS. The van der Waals surface area contributed by atoms with Gasteiger partial charge in [0.1, 0.15) is 0 Å². The third-order valence-electron chi connectivity index (χ3n) is 3.98. The van der Waals surface area contributed by atoms with E-state index in [4.69, 9.17) is 5.73 Å². The summed E-state index contributed by atoms with van der Waals surface area (Å²) in [6.45, 7) is 1.93. The van der Waals surface area contributed by atoms with Gasteiger partial charge >= 0.3 is 0 Å². The number of carbonyl (C=O) groups is 1. The molecule has 1 fully saturated rings. The van der Waals surface area contributed by atoms with Gasteiger partial charge in [0.25, 0.3) is 0 Å². The van der Waals surface area contributed by atoms with Gasteiger partial charge in [0.05, 0.1) is 10.9 Å². The highest BCUT2D eigenvalue weighted by Crippen LogP contribution is 2.40. The van der Waals surface area contributed by atoms with Gasteiger partial charge in [0.15, 0.2) is 0 Å². The van der Waals surface area contributed by atoms with Crippen LogP contribution in [0.25, 0.3) is 0 Å². The molecule has 3 nitrogen and oxygen atoms in total. The molecule has 0 aromatic heterocycles. The van der Waals surface area contributed by atoms with Crippen LogP contribution in [0.1, 0.15) is 37.8 Å². The third-order valence-corrected chi connectivity index (χ3v) is 5.15. The molecule has 0 bridgehead atoms. The minimum Gasteiger partial charge on any atom is -0.324 e. The maximum absolute atomic E-state index is 11.7. The minimum atomic E-state index is -0.0105. The Labute approximate surface area is 112 Å². The number of anilines is 1. The lowest BCUT2D eigenvalue weighted by Crippen LogP contribution is -2.28. The molecule has 1 aliphatic heterocycles. The molecule has 18 heavy (non-hydrogen) atoms. The number of amides is 1. The first-order valence-corrected chi connectivity index (χ1v) is 7.40. The van der Waals surface area contributed by atoms with E-state index in [9.17, 15) is 4.79 Å². The lowest BCUT2D eigenvalue weighted by molar-refractivity contribution is -0.115. The minimum absolute atomic E-state index is 0.0105. The van der Waals surface area contributed by atoms with Crippen LogP contribution in [-0.4, -0.2) is 11.2 Å². The summed E-state index contributed by atoms with van der Waals surface area (Å²) in [5, 5.41) is 2.95. The Morgan fingerprint density at radius 3 is 2.89 bits per heavy atom. The quantitative estimate of drug-likeness (QED) is 0.861. The first kappa shape index (κ1) is 12.1. The number of carbonyl (C=O) groups excluding carboxylic acids is 1. The highest BCUT2D eigenvalue weighted by Gasteiger charge is 2.28. The summed E-state index contributed by atoms with van der Waals surface area (Å²) in [6, 6.07) is 6.36. The summed E-state index contributed by atoms with van der Waals surface area (Å²) in [6.07, 6.45) is 3.76. The van der Waals surface area contributed by atoms with Gasteiger partial charge in [0, 0.05) is 10.9 Å². The molecule has 1 amide bonds. The Bertz CT molecular complexity index is 485. The molecule has 2 aliphatic rings. The smallest absolute Gasteiger partial charge is 0.237 e. The van der Waals surface area contributed by atoms with Gasteiger partial charge in [-0.3, -0.25) is 4.79 Å². The molecule has 2 unspecified atom stereocenters. The summed E-state index contributed by atoms with van der Waals surface area (Å²) in [5.74, 6) is 0.704. The molecule has 96 valence electrons. The van der Waals surface area contributed by atoms with Crippen molar-refractivity contribution in [2.45, 2.75) is 42.4 Å². The highest BCUT2D eigenvalue weighted by molar-refractivity contribution is 8.00. The Morgan fingerprint density at radius 2 is 2.22 bits per heavy atom. The van der Waals surface area contributed by atoms with Crippen molar-refractivity contribution >= 4 is 23.4 Å². The maximum atomic E-state index is 11.7.